The molecule has 0 aliphatic rings. The molecule has 0 amide bonds. The van der Waals surface area contributed by atoms with Gasteiger partial charge in [-0.25, -0.2) is 0 Å². The molecule has 3 N–H and O–H groups in total. The van der Waals surface area contributed by atoms with Crippen molar-refractivity contribution in [1.82, 2.24) is 4.98 Å². The van der Waals surface area contributed by atoms with E-state index < -0.39 is 35.0 Å². The maximum Gasteiger partial charge on any atom is 0.308 e. The normalized spacial score (nSPS) is 10.1. The smallest absolute Gasteiger partial charge is 0.308 e. The molecule has 0 atom stereocenters. The van der Waals surface area contributed by atoms with Crippen LogP contribution >= 0.6 is 0 Å². The summed E-state index contributed by atoms with van der Waals surface area (Å²) in [6.45, 7) is 2.59. The topological polar surface area (TPSA) is 107 Å². The van der Waals surface area contributed by atoms with Gasteiger partial charge in [0.15, 0.2) is 5.78 Å². The number of aromatic amines is 1. The van der Waals surface area contributed by atoms with Gasteiger partial charge in [-0.15, -0.1) is 0 Å². The zero-order valence-corrected chi connectivity index (χ0v) is 8.83. The predicted octanol–water partition coefficient (Wildman–Crippen LogP) is 0.219. The van der Waals surface area contributed by atoms with Gasteiger partial charge in [-0.05, 0) is 13.8 Å². The number of hydrogen-bond acceptors (Lipinski definition) is 4. The number of Topliss-reactive ketones (excluding diaryl/α,β-unsaturated/α-hetero) is 1. The molecule has 0 bridgehead atoms. The zero-order valence-electron chi connectivity index (χ0n) is 8.83. The van der Waals surface area contributed by atoms with Crippen molar-refractivity contribution in [2.75, 3.05) is 0 Å². The van der Waals surface area contributed by atoms with Crippen LogP contribution in [0.25, 0.3) is 0 Å². The molecule has 1 aromatic rings. The summed E-state index contributed by atoms with van der Waals surface area (Å²) in [6.07, 6.45) is -0.450. The summed E-state index contributed by atoms with van der Waals surface area (Å²) in [5.74, 6) is -2.30. The minimum absolute atomic E-state index is 0.0531. The lowest BCUT2D eigenvalue weighted by atomic mass is 10.0. The number of ketones is 1. The maximum absolute atomic E-state index is 11.4. The van der Waals surface area contributed by atoms with E-state index in [2.05, 4.69) is 4.98 Å². The van der Waals surface area contributed by atoms with Gasteiger partial charge in [0.1, 0.15) is 11.3 Å². The highest BCUT2D eigenvalue weighted by Gasteiger charge is 2.19. The molecule has 86 valence electrons. The number of carbonyl (C=O) groups excluding carboxylic acids is 1. The number of carboxylic acids is 1. The molecule has 0 saturated heterocycles. The van der Waals surface area contributed by atoms with E-state index in [-0.39, 0.29) is 11.3 Å². The lowest BCUT2D eigenvalue weighted by Crippen LogP contribution is -2.20. The van der Waals surface area contributed by atoms with Crippen LogP contribution in [0, 0.1) is 6.92 Å². The van der Waals surface area contributed by atoms with E-state index in [1.165, 1.54) is 6.92 Å². The Morgan fingerprint density at radius 2 is 1.94 bits per heavy atom. The van der Waals surface area contributed by atoms with Crippen molar-refractivity contribution in [3.8, 4) is 5.75 Å². The molecule has 0 radical (unpaired) electrons. The van der Waals surface area contributed by atoms with Crippen molar-refractivity contribution < 1.29 is 19.8 Å². The van der Waals surface area contributed by atoms with E-state index in [1.54, 1.807) is 0 Å². The van der Waals surface area contributed by atoms with Crippen LogP contribution in [0.4, 0.5) is 0 Å². The van der Waals surface area contributed by atoms with Gasteiger partial charge in [0.2, 0.25) is 0 Å². The van der Waals surface area contributed by atoms with Gasteiger partial charge in [0.25, 0.3) is 5.56 Å². The second-order valence-electron chi connectivity index (χ2n) is 3.41. The standard InChI is InChI=1S/C10H11NO5/c1-4-6(3-7(13)14)9(15)8(5(2)12)10(16)11-4/h3H2,1-2H3,(H,13,14)(H2,11,15,16). The fraction of sp³-hybridized carbons (Fsp3) is 0.300. The second-order valence-corrected chi connectivity index (χ2v) is 3.41. The lowest BCUT2D eigenvalue weighted by molar-refractivity contribution is -0.136. The fourth-order valence-electron chi connectivity index (χ4n) is 1.44. The van der Waals surface area contributed by atoms with Gasteiger partial charge in [-0.2, -0.15) is 0 Å². The van der Waals surface area contributed by atoms with E-state index >= 15 is 0 Å². The Hall–Kier alpha value is -2.11. The summed E-state index contributed by atoms with van der Waals surface area (Å²) in [5.41, 5.74) is -0.814. The summed E-state index contributed by atoms with van der Waals surface area (Å²) in [4.78, 5) is 35.4. The molecule has 1 heterocycles. The Balaban J connectivity index is 3.51. The van der Waals surface area contributed by atoms with Crippen molar-refractivity contribution >= 4 is 11.8 Å². The monoisotopic (exact) mass is 225 g/mol. The first-order valence-electron chi connectivity index (χ1n) is 4.52. The summed E-state index contributed by atoms with van der Waals surface area (Å²) >= 11 is 0. The number of rotatable bonds is 3. The summed E-state index contributed by atoms with van der Waals surface area (Å²) < 4.78 is 0. The van der Waals surface area contributed by atoms with Crippen LogP contribution in [0.5, 0.6) is 5.75 Å². The Morgan fingerprint density at radius 1 is 1.38 bits per heavy atom. The van der Waals surface area contributed by atoms with Gasteiger partial charge in [-0.3, -0.25) is 14.4 Å². The zero-order chi connectivity index (χ0) is 12.5. The van der Waals surface area contributed by atoms with Gasteiger partial charge in [0, 0.05) is 11.3 Å². The van der Waals surface area contributed by atoms with E-state index in [9.17, 15) is 19.5 Å². The molecule has 0 aliphatic heterocycles. The Bertz CT molecular complexity index is 515. The number of hydrogen-bond donors (Lipinski definition) is 3. The molecule has 6 nitrogen and oxygen atoms in total. The highest BCUT2D eigenvalue weighted by atomic mass is 16.4. The molecule has 0 unspecified atom stereocenters. The number of carboxylic acid groups (broad SMARTS) is 1. The van der Waals surface area contributed by atoms with Gasteiger partial charge in [0.05, 0.1) is 6.42 Å². The van der Waals surface area contributed by atoms with Gasteiger partial charge < -0.3 is 15.2 Å². The lowest BCUT2D eigenvalue weighted by Gasteiger charge is -2.08. The largest absolute Gasteiger partial charge is 0.507 e. The van der Waals surface area contributed by atoms with Crippen LogP contribution in [-0.4, -0.2) is 26.9 Å². The predicted molar refractivity (Wildman–Crippen MR) is 54.8 cm³/mol. The third-order valence-corrected chi connectivity index (χ3v) is 2.18. The summed E-state index contributed by atoms with van der Waals surface area (Å²) in [5, 5.41) is 18.3. The van der Waals surface area contributed by atoms with Crippen molar-refractivity contribution in [2.45, 2.75) is 20.3 Å². The molecule has 0 fully saturated rings. The number of H-pyrrole nitrogens is 1. The minimum Gasteiger partial charge on any atom is -0.507 e. The van der Waals surface area contributed by atoms with Crippen LogP contribution < -0.4 is 5.56 Å². The van der Waals surface area contributed by atoms with Crippen LogP contribution in [-0.2, 0) is 11.2 Å². The number of carbonyl (C=O) groups is 2. The number of nitrogens with one attached hydrogen (secondary N) is 1. The second kappa shape index (κ2) is 4.18. The molecule has 0 saturated carbocycles. The molecule has 0 spiro atoms. The molecular formula is C10H11NO5. The number of aliphatic carboxylic acids is 1. The van der Waals surface area contributed by atoms with E-state index in [0.717, 1.165) is 6.92 Å². The first kappa shape index (κ1) is 12.0. The van der Waals surface area contributed by atoms with E-state index in [1.807, 2.05) is 0 Å². The summed E-state index contributed by atoms with van der Waals surface area (Å²) in [7, 11) is 0. The molecule has 0 aliphatic carbocycles. The molecular weight excluding hydrogens is 214 g/mol. The van der Waals surface area contributed by atoms with Crippen LogP contribution in [0.2, 0.25) is 0 Å². The van der Waals surface area contributed by atoms with E-state index in [4.69, 9.17) is 5.11 Å². The number of aromatic nitrogens is 1. The average Bonchev–Trinajstić information content (AvgIpc) is 2.10. The average molecular weight is 225 g/mol. The quantitative estimate of drug-likeness (QED) is 0.638. The van der Waals surface area contributed by atoms with E-state index in [0.29, 0.717) is 0 Å². The molecule has 6 heteroatoms. The van der Waals surface area contributed by atoms with Crippen LogP contribution in [0.15, 0.2) is 4.79 Å². The Kier molecular flexibility index (Phi) is 3.12. The minimum atomic E-state index is -1.15. The highest BCUT2D eigenvalue weighted by Crippen LogP contribution is 2.22. The Labute approximate surface area is 90.5 Å². The Morgan fingerprint density at radius 3 is 2.38 bits per heavy atom. The first-order valence-corrected chi connectivity index (χ1v) is 4.52. The third-order valence-electron chi connectivity index (χ3n) is 2.18. The van der Waals surface area contributed by atoms with Crippen LogP contribution in [0.1, 0.15) is 28.5 Å². The molecule has 1 rings (SSSR count). The summed E-state index contributed by atoms with van der Waals surface area (Å²) in [6, 6.07) is 0. The van der Waals surface area contributed by atoms with Gasteiger partial charge >= 0.3 is 5.97 Å². The highest BCUT2D eigenvalue weighted by molar-refractivity contribution is 5.97. The number of aryl methyl sites for hydroxylation is 1. The van der Waals surface area contributed by atoms with Gasteiger partial charge in [-0.1, -0.05) is 0 Å². The molecule has 1 aromatic heterocycles. The first-order chi connectivity index (χ1) is 7.34. The molecule has 0 aromatic carbocycles. The van der Waals surface area contributed by atoms with Crippen molar-refractivity contribution in [2.24, 2.45) is 0 Å². The number of pyridine rings is 1. The van der Waals surface area contributed by atoms with Crippen molar-refractivity contribution in [1.29, 1.82) is 0 Å². The maximum atomic E-state index is 11.4. The van der Waals surface area contributed by atoms with Crippen molar-refractivity contribution in [3.63, 3.8) is 0 Å². The molecule has 16 heavy (non-hydrogen) atoms. The fourth-order valence-corrected chi connectivity index (χ4v) is 1.44. The number of aromatic hydroxyl groups is 1. The van der Waals surface area contributed by atoms with Crippen molar-refractivity contribution in [3.05, 3.63) is 27.2 Å². The third kappa shape index (κ3) is 2.10. The van der Waals surface area contributed by atoms with Crippen LogP contribution in [0.3, 0.4) is 0 Å². The SMILES string of the molecule is CC(=O)c1c(O)c(CC(=O)O)c(C)[nH]c1=O.